The number of aromatic nitrogens is 2. The van der Waals surface area contributed by atoms with E-state index in [2.05, 4.69) is 5.10 Å². The van der Waals surface area contributed by atoms with Crippen molar-refractivity contribution in [3.8, 4) is 11.1 Å². The van der Waals surface area contributed by atoms with Crippen LogP contribution in [0.2, 0.25) is 0 Å². The lowest BCUT2D eigenvalue weighted by molar-refractivity contribution is -0.137. The number of primary amides is 1. The third kappa shape index (κ3) is 4.81. The van der Waals surface area contributed by atoms with E-state index < -0.39 is 29.4 Å². The molecule has 176 valence electrons. The number of hydrogen-bond donors (Lipinski definition) is 1. The molecule has 4 nitrogen and oxygen atoms in total. The van der Waals surface area contributed by atoms with E-state index in [9.17, 15) is 22.4 Å². The summed E-state index contributed by atoms with van der Waals surface area (Å²) in [5.41, 5.74) is 6.21. The maximum absolute atomic E-state index is 14.8. The number of amides is 1. The van der Waals surface area contributed by atoms with Gasteiger partial charge in [-0.2, -0.15) is 18.3 Å². The normalized spacial score (nSPS) is 13.2. The van der Waals surface area contributed by atoms with Gasteiger partial charge in [-0.3, -0.25) is 9.48 Å². The minimum atomic E-state index is -4.40. The minimum absolute atomic E-state index is 0.0503. The number of carbonyl (C=O) groups excluding carboxylic acids is 1. The Morgan fingerprint density at radius 1 is 0.971 bits per heavy atom. The van der Waals surface area contributed by atoms with Gasteiger partial charge >= 0.3 is 6.18 Å². The molecular weight excluding hydrogens is 446 g/mol. The second-order valence-electron chi connectivity index (χ2n) is 8.83. The Morgan fingerprint density at radius 3 is 2.24 bits per heavy atom. The molecule has 2 N–H and O–H groups in total. The van der Waals surface area contributed by atoms with Gasteiger partial charge in [0.2, 0.25) is 5.91 Å². The molecule has 8 heteroatoms. The van der Waals surface area contributed by atoms with E-state index in [1.807, 2.05) is 6.07 Å². The van der Waals surface area contributed by atoms with E-state index in [4.69, 9.17) is 5.73 Å². The zero-order chi connectivity index (χ0) is 24.7. The lowest BCUT2D eigenvalue weighted by Gasteiger charge is -2.26. The first-order valence-corrected chi connectivity index (χ1v) is 10.7. The highest BCUT2D eigenvalue weighted by molar-refractivity contribution is 5.94. The Labute approximate surface area is 194 Å². The summed E-state index contributed by atoms with van der Waals surface area (Å²) in [7, 11) is 0. The second kappa shape index (κ2) is 8.59. The Balaban J connectivity index is 1.78. The monoisotopic (exact) mass is 469 g/mol. The SMILES string of the molecule is CC(C)(F)CC(c1ccccc1C(N)=O)n1ncc2cc(-c3ccc(C(F)(F)F)cc3)ccc21. The van der Waals surface area contributed by atoms with E-state index in [0.29, 0.717) is 22.2 Å². The first-order valence-electron chi connectivity index (χ1n) is 10.7. The molecular formula is C26H23F4N3O. The molecule has 0 spiro atoms. The van der Waals surface area contributed by atoms with Crippen LogP contribution in [0.25, 0.3) is 22.0 Å². The molecule has 0 saturated carbocycles. The molecule has 0 aliphatic heterocycles. The molecule has 3 aromatic carbocycles. The molecule has 1 amide bonds. The van der Waals surface area contributed by atoms with Crippen LogP contribution in [0.4, 0.5) is 17.6 Å². The molecule has 1 atom stereocenters. The first-order chi connectivity index (χ1) is 15.9. The van der Waals surface area contributed by atoms with Crippen LogP contribution in [0, 0.1) is 0 Å². The number of fused-ring (bicyclic) bond motifs is 1. The number of rotatable bonds is 6. The average molecular weight is 469 g/mol. The molecule has 0 saturated heterocycles. The molecule has 0 radical (unpaired) electrons. The molecule has 0 fully saturated rings. The van der Waals surface area contributed by atoms with E-state index in [0.717, 1.165) is 23.1 Å². The third-order valence-corrected chi connectivity index (χ3v) is 5.70. The molecule has 0 aliphatic carbocycles. The summed E-state index contributed by atoms with van der Waals surface area (Å²) in [6.45, 7) is 2.92. The fraction of sp³-hybridized carbons (Fsp3) is 0.231. The van der Waals surface area contributed by atoms with Gasteiger partial charge in [-0.25, -0.2) is 4.39 Å². The lowest BCUT2D eigenvalue weighted by Crippen LogP contribution is -2.25. The van der Waals surface area contributed by atoms with Crippen LogP contribution in [0.15, 0.2) is 72.9 Å². The van der Waals surface area contributed by atoms with Crippen molar-refractivity contribution in [2.45, 2.75) is 38.2 Å². The number of alkyl halides is 4. The Morgan fingerprint density at radius 2 is 1.62 bits per heavy atom. The Kier molecular flexibility index (Phi) is 5.93. The zero-order valence-corrected chi connectivity index (χ0v) is 18.6. The Hall–Kier alpha value is -3.68. The number of nitrogens with two attached hydrogens (primary N) is 1. The van der Waals surface area contributed by atoms with E-state index in [1.54, 1.807) is 47.3 Å². The fourth-order valence-electron chi connectivity index (χ4n) is 4.13. The van der Waals surface area contributed by atoms with Gasteiger partial charge in [-0.15, -0.1) is 0 Å². The van der Waals surface area contributed by atoms with Crippen molar-refractivity contribution in [2.75, 3.05) is 0 Å². The standard InChI is InChI=1S/C26H23F4N3O/c1-25(2,27)14-23(20-5-3-4-6-21(20)24(31)34)33-22-12-9-17(13-18(22)15-32-33)16-7-10-19(11-8-16)26(28,29)30/h3-13,15,23H,14H2,1-2H3,(H2,31,34). The number of nitrogens with zero attached hydrogens (tertiary/aromatic N) is 2. The highest BCUT2D eigenvalue weighted by Gasteiger charge is 2.30. The van der Waals surface area contributed by atoms with E-state index >= 15 is 0 Å². The number of carbonyl (C=O) groups is 1. The predicted molar refractivity (Wildman–Crippen MR) is 123 cm³/mol. The minimum Gasteiger partial charge on any atom is -0.366 e. The molecule has 4 aromatic rings. The lowest BCUT2D eigenvalue weighted by atomic mass is 9.91. The summed E-state index contributed by atoms with van der Waals surface area (Å²) in [5, 5.41) is 5.22. The second-order valence-corrected chi connectivity index (χ2v) is 8.83. The highest BCUT2D eigenvalue weighted by atomic mass is 19.4. The molecule has 34 heavy (non-hydrogen) atoms. The van der Waals surface area contributed by atoms with Gasteiger partial charge in [0.15, 0.2) is 0 Å². The van der Waals surface area contributed by atoms with Gasteiger partial charge in [0, 0.05) is 17.4 Å². The molecule has 0 bridgehead atoms. The van der Waals surface area contributed by atoms with Crippen LogP contribution in [0.5, 0.6) is 0 Å². The molecule has 0 aliphatic rings. The van der Waals surface area contributed by atoms with Crippen LogP contribution in [0.3, 0.4) is 0 Å². The fourth-order valence-corrected chi connectivity index (χ4v) is 4.13. The van der Waals surface area contributed by atoms with Gasteiger partial charge in [-0.05, 0) is 60.9 Å². The number of benzene rings is 3. The summed E-state index contributed by atoms with van der Waals surface area (Å²) in [5.74, 6) is -0.613. The summed E-state index contributed by atoms with van der Waals surface area (Å²) in [6.07, 6.45) is -2.73. The van der Waals surface area contributed by atoms with Crippen LogP contribution in [-0.2, 0) is 6.18 Å². The topological polar surface area (TPSA) is 60.9 Å². The summed E-state index contributed by atoms with van der Waals surface area (Å²) in [6, 6.07) is 16.5. The summed E-state index contributed by atoms with van der Waals surface area (Å²) >= 11 is 0. The van der Waals surface area contributed by atoms with Gasteiger partial charge < -0.3 is 5.73 Å². The largest absolute Gasteiger partial charge is 0.416 e. The van der Waals surface area contributed by atoms with Crippen molar-refractivity contribution in [1.82, 2.24) is 9.78 Å². The third-order valence-electron chi connectivity index (χ3n) is 5.70. The van der Waals surface area contributed by atoms with Crippen LogP contribution in [-0.4, -0.2) is 21.4 Å². The summed E-state index contributed by atoms with van der Waals surface area (Å²) in [4.78, 5) is 12.0. The van der Waals surface area contributed by atoms with Gasteiger partial charge in [-0.1, -0.05) is 36.4 Å². The van der Waals surface area contributed by atoms with Crippen LogP contribution in [0.1, 0.15) is 47.8 Å². The zero-order valence-electron chi connectivity index (χ0n) is 18.6. The van der Waals surface area contributed by atoms with Gasteiger partial charge in [0.1, 0.15) is 5.67 Å². The average Bonchev–Trinajstić information content (AvgIpc) is 3.19. The molecule has 1 aromatic heterocycles. The van der Waals surface area contributed by atoms with Crippen molar-refractivity contribution < 1.29 is 22.4 Å². The highest BCUT2D eigenvalue weighted by Crippen LogP contribution is 2.35. The van der Waals surface area contributed by atoms with Crippen molar-refractivity contribution in [3.05, 3.63) is 89.6 Å². The van der Waals surface area contributed by atoms with Crippen LogP contribution >= 0.6 is 0 Å². The van der Waals surface area contributed by atoms with Crippen molar-refractivity contribution in [3.63, 3.8) is 0 Å². The number of hydrogen-bond acceptors (Lipinski definition) is 2. The van der Waals surface area contributed by atoms with Gasteiger partial charge in [0.05, 0.1) is 23.3 Å². The quantitative estimate of drug-likeness (QED) is 0.326. The van der Waals surface area contributed by atoms with E-state index in [-0.39, 0.29) is 6.42 Å². The maximum atomic E-state index is 14.8. The Bertz CT molecular complexity index is 1330. The smallest absolute Gasteiger partial charge is 0.366 e. The van der Waals surface area contributed by atoms with Crippen molar-refractivity contribution in [1.29, 1.82) is 0 Å². The first kappa shape index (κ1) is 23.5. The van der Waals surface area contributed by atoms with E-state index in [1.165, 1.54) is 26.0 Å². The van der Waals surface area contributed by atoms with Crippen LogP contribution < -0.4 is 5.73 Å². The van der Waals surface area contributed by atoms with Crippen molar-refractivity contribution in [2.24, 2.45) is 5.73 Å². The summed E-state index contributed by atoms with van der Waals surface area (Å²) < 4.78 is 55.1. The number of halogens is 4. The van der Waals surface area contributed by atoms with Gasteiger partial charge in [0.25, 0.3) is 0 Å². The molecule has 1 unspecified atom stereocenters. The maximum Gasteiger partial charge on any atom is 0.416 e. The van der Waals surface area contributed by atoms with Crippen molar-refractivity contribution >= 4 is 16.8 Å². The molecule has 1 heterocycles. The molecule has 4 rings (SSSR count). The predicted octanol–water partition coefficient (Wildman–Crippen LogP) is 6.55.